The van der Waals surface area contributed by atoms with Crippen molar-refractivity contribution >= 4 is 16.0 Å². The molecule has 0 radical (unpaired) electrons. The van der Waals surface area contributed by atoms with Crippen molar-refractivity contribution in [2.75, 3.05) is 39.4 Å². The van der Waals surface area contributed by atoms with Crippen LogP contribution in [0.5, 0.6) is 0 Å². The minimum atomic E-state index is -3.72. The molecule has 1 aromatic rings. The molecule has 0 spiro atoms. The van der Waals surface area contributed by atoms with Crippen LogP contribution in [0.3, 0.4) is 0 Å². The first kappa shape index (κ1) is 18.3. The Hall–Kier alpha value is -1.49. The van der Waals surface area contributed by atoms with E-state index in [2.05, 4.69) is 5.10 Å². The molecule has 140 valence electrons. The van der Waals surface area contributed by atoms with Crippen molar-refractivity contribution in [1.82, 2.24) is 19.0 Å². The summed E-state index contributed by atoms with van der Waals surface area (Å²) in [6.07, 6.45) is 1.56. The second kappa shape index (κ2) is 7.02. The zero-order chi connectivity index (χ0) is 18.2. The van der Waals surface area contributed by atoms with E-state index >= 15 is 0 Å². The van der Waals surface area contributed by atoms with Gasteiger partial charge in [-0.3, -0.25) is 14.4 Å². The summed E-state index contributed by atoms with van der Waals surface area (Å²) in [5.74, 6) is -0.960. The monoisotopic (exact) mass is 372 g/mol. The molecule has 0 aliphatic carbocycles. The van der Waals surface area contributed by atoms with Gasteiger partial charge in [0.05, 0.1) is 31.5 Å². The molecule has 3 heterocycles. The molecule has 0 aromatic carbocycles. The highest BCUT2D eigenvalue weighted by molar-refractivity contribution is 7.89. The van der Waals surface area contributed by atoms with Crippen molar-refractivity contribution in [3.63, 3.8) is 0 Å². The average molecular weight is 372 g/mol. The molecule has 2 aliphatic heterocycles. The van der Waals surface area contributed by atoms with Crippen LogP contribution in [0.15, 0.2) is 11.1 Å². The number of hydrogen-bond acceptors (Lipinski definition) is 6. The third-order valence-electron chi connectivity index (χ3n) is 4.67. The average Bonchev–Trinajstić information content (AvgIpc) is 2.68. The summed E-state index contributed by atoms with van der Waals surface area (Å²) in [7, 11) is -3.72. The van der Waals surface area contributed by atoms with E-state index in [-0.39, 0.29) is 24.0 Å². The highest BCUT2D eigenvalue weighted by atomic mass is 32.2. The van der Waals surface area contributed by atoms with Gasteiger partial charge in [0.15, 0.2) is 0 Å². The molecule has 10 heteroatoms. The highest BCUT2D eigenvalue weighted by Gasteiger charge is 2.41. The molecular formula is C15H24N4O5S. The van der Waals surface area contributed by atoms with Gasteiger partial charge >= 0.3 is 5.97 Å². The lowest BCUT2D eigenvalue weighted by atomic mass is 10.1. The number of aromatic nitrogens is 2. The van der Waals surface area contributed by atoms with Crippen molar-refractivity contribution < 1.29 is 23.1 Å². The SMILES string of the molecule is CCn1cc(S(=O)(=O)N2C[C@H]3COC[C@@H]2CN(CC(=O)O)C3)c(C)n1. The van der Waals surface area contributed by atoms with Gasteiger partial charge in [-0.25, -0.2) is 8.42 Å². The number of aryl methyl sites for hydroxylation is 2. The number of ether oxygens (including phenoxy) is 1. The molecule has 25 heavy (non-hydrogen) atoms. The molecule has 2 fully saturated rings. The summed E-state index contributed by atoms with van der Waals surface area (Å²) < 4.78 is 35.2. The summed E-state index contributed by atoms with van der Waals surface area (Å²) in [5.41, 5.74) is 0.476. The fraction of sp³-hybridized carbons (Fsp3) is 0.733. The van der Waals surface area contributed by atoms with E-state index in [0.29, 0.717) is 38.5 Å². The first-order valence-corrected chi connectivity index (χ1v) is 9.83. The van der Waals surface area contributed by atoms with Crippen LogP contribution in [0.25, 0.3) is 0 Å². The number of hydrogen-bond donors (Lipinski definition) is 1. The molecular weight excluding hydrogens is 348 g/mol. The van der Waals surface area contributed by atoms with E-state index in [1.807, 2.05) is 6.92 Å². The minimum absolute atomic E-state index is 0.0526. The molecule has 0 amide bonds. The van der Waals surface area contributed by atoms with Crippen LogP contribution in [0.1, 0.15) is 12.6 Å². The maximum Gasteiger partial charge on any atom is 0.317 e. The minimum Gasteiger partial charge on any atom is -0.480 e. The van der Waals surface area contributed by atoms with Crippen molar-refractivity contribution in [3.8, 4) is 0 Å². The van der Waals surface area contributed by atoms with E-state index in [9.17, 15) is 13.2 Å². The lowest BCUT2D eigenvalue weighted by Crippen LogP contribution is -2.47. The summed E-state index contributed by atoms with van der Waals surface area (Å²) in [6.45, 7) is 6.00. The largest absolute Gasteiger partial charge is 0.480 e. The van der Waals surface area contributed by atoms with Crippen LogP contribution < -0.4 is 0 Å². The number of carboxylic acid groups (broad SMARTS) is 1. The fourth-order valence-electron chi connectivity index (χ4n) is 3.56. The number of aliphatic carboxylic acids is 1. The van der Waals surface area contributed by atoms with Crippen LogP contribution >= 0.6 is 0 Å². The Bertz CT molecular complexity index is 747. The second-order valence-corrected chi connectivity index (χ2v) is 8.51. The molecule has 2 bridgehead atoms. The van der Waals surface area contributed by atoms with Crippen molar-refractivity contribution in [2.45, 2.75) is 31.3 Å². The maximum atomic E-state index is 13.2. The van der Waals surface area contributed by atoms with Gasteiger partial charge in [0.2, 0.25) is 10.0 Å². The van der Waals surface area contributed by atoms with Crippen LogP contribution in [-0.4, -0.2) is 83.9 Å². The number of nitrogens with zero attached hydrogens (tertiary/aromatic N) is 4. The third-order valence-corrected chi connectivity index (χ3v) is 6.69. The molecule has 0 unspecified atom stereocenters. The Labute approximate surface area is 147 Å². The van der Waals surface area contributed by atoms with Crippen LogP contribution in [-0.2, 0) is 26.1 Å². The molecule has 0 saturated carbocycles. The maximum absolute atomic E-state index is 13.2. The van der Waals surface area contributed by atoms with E-state index in [1.165, 1.54) is 4.31 Å². The molecule has 2 aliphatic rings. The van der Waals surface area contributed by atoms with Crippen molar-refractivity contribution in [1.29, 1.82) is 0 Å². The summed E-state index contributed by atoms with van der Waals surface area (Å²) in [6, 6.07) is -0.402. The lowest BCUT2D eigenvalue weighted by molar-refractivity contribution is -0.138. The van der Waals surface area contributed by atoms with E-state index in [1.54, 1.807) is 22.7 Å². The number of sulfonamides is 1. The molecule has 1 aromatic heterocycles. The first-order valence-electron chi connectivity index (χ1n) is 8.39. The third kappa shape index (κ3) is 3.71. The van der Waals surface area contributed by atoms with Gasteiger partial charge in [0.25, 0.3) is 0 Å². The van der Waals surface area contributed by atoms with Gasteiger partial charge in [0, 0.05) is 38.3 Å². The second-order valence-electron chi connectivity index (χ2n) is 6.65. The lowest BCUT2D eigenvalue weighted by Gasteiger charge is -2.29. The summed E-state index contributed by atoms with van der Waals surface area (Å²) in [5, 5.41) is 13.3. The number of carboxylic acids is 1. The Morgan fingerprint density at radius 2 is 2.12 bits per heavy atom. The predicted molar refractivity (Wildman–Crippen MR) is 88.7 cm³/mol. The Morgan fingerprint density at radius 3 is 2.76 bits per heavy atom. The Morgan fingerprint density at radius 1 is 1.36 bits per heavy atom. The zero-order valence-electron chi connectivity index (χ0n) is 14.5. The van der Waals surface area contributed by atoms with Gasteiger partial charge in [-0.15, -0.1) is 0 Å². The summed E-state index contributed by atoms with van der Waals surface area (Å²) >= 11 is 0. The molecule has 2 saturated heterocycles. The number of rotatable bonds is 5. The van der Waals surface area contributed by atoms with Crippen LogP contribution in [0, 0.1) is 12.8 Å². The van der Waals surface area contributed by atoms with Gasteiger partial charge in [-0.2, -0.15) is 9.40 Å². The van der Waals surface area contributed by atoms with Gasteiger partial charge in [-0.05, 0) is 13.8 Å². The van der Waals surface area contributed by atoms with Gasteiger partial charge in [0.1, 0.15) is 4.90 Å². The van der Waals surface area contributed by atoms with Gasteiger partial charge < -0.3 is 9.84 Å². The topological polar surface area (TPSA) is 105 Å². The smallest absolute Gasteiger partial charge is 0.317 e. The van der Waals surface area contributed by atoms with Gasteiger partial charge in [-0.1, -0.05) is 0 Å². The normalized spacial score (nSPS) is 25.7. The number of carbonyl (C=O) groups is 1. The summed E-state index contributed by atoms with van der Waals surface area (Å²) in [4.78, 5) is 13.1. The molecule has 9 nitrogen and oxygen atoms in total. The van der Waals surface area contributed by atoms with Crippen LogP contribution in [0.4, 0.5) is 0 Å². The predicted octanol–water partition coefficient (Wildman–Crippen LogP) is -0.383. The standard InChI is InChI=1S/C15H24N4O5S/c1-3-18-7-14(11(2)16-18)25(22,23)19-5-12-4-17(8-15(20)21)6-13(19)10-24-9-12/h7,12-13H,3-6,8-10H2,1-2H3,(H,20,21)/t12-,13-/m0/s1. The molecule has 1 N–H and O–H groups in total. The van der Waals surface area contributed by atoms with Crippen LogP contribution in [0.2, 0.25) is 0 Å². The Balaban J connectivity index is 1.92. The fourth-order valence-corrected chi connectivity index (χ4v) is 5.41. The molecule has 3 rings (SSSR count). The quantitative estimate of drug-likeness (QED) is 0.751. The van der Waals surface area contributed by atoms with E-state index in [0.717, 1.165) is 0 Å². The van der Waals surface area contributed by atoms with E-state index in [4.69, 9.17) is 9.84 Å². The Kier molecular flexibility index (Phi) is 5.14. The molecule has 2 atom stereocenters. The number of fused-ring (bicyclic) bond motifs is 3. The zero-order valence-corrected chi connectivity index (χ0v) is 15.3. The van der Waals surface area contributed by atoms with Crippen molar-refractivity contribution in [3.05, 3.63) is 11.9 Å². The highest BCUT2D eigenvalue weighted by Crippen LogP contribution is 2.27. The first-order chi connectivity index (χ1) is 11.8. The van der Waals surface area contributed by atoms with Crippen molar-refractivity contribution in [2.24, 2.45) is 5.92 Å². The van der Waals surface area contributed by atoms with E-state index < -0.39 is 22.0 Å².